The van der Waals surface area contributed by atoms with Gasteiger partial charge < -0.3 is 18.5 Å². The predicted molar refractivity (Wildman–Crippen MR) is 67.3 cm³/mol. The van der Waals surface area contributed by atoms with Crippen LogP contribution < -0.4 is 68.7 Å². The third-order valence-electron chi connectivity index (χ3n) is 2.79. The van der Waals surface area contributed by atoms with Gasteiger partial charge in [0.05, 0.1) is 26.2 Å². The van der Waals surface area contributed by atoms with Crippen molar-refractivity contribution >= 4 is 9.17 Å². The molecule has 0 aromatic rings. The van der Waals surface area contributed by atoms with Gasteiger partial charge in [-0.3, -0.25) is 0 Å². The SMILES string of the molecule is CCC[N+](CCC)(CCC)CCC.O=[Si]([O-])[O-].[Na+].[Na+]. The van der Waals surface area contributed by atoms with Crippen LogP contribution in [0.1, 0.15) is 53.4 Å². The molecule has 0 aliphatic rings. The molecule has 104 valence electrons. The van der Waals surface area contributed by atoms with E-state index in [0.29, 0.717) is 0 Å². The topological polar surface area (TPSA) is 63.2 Å². The van der Waals surface area contributed by atoms with Crippen molar-refractivity contribution in [3.05, 3.63) is 0 Å². The summed E-state index contributed by atoms with van der Waals surface area (Å²) in [6.07, 6.45) is 5.33. The Balaban J connectivity index is -0.000000165. The van der Waals surface area contributed by atoms with Crippen LogP contribution in [0.25, 0.3) is 0 Å². The van der Waals surface area contributed by atoms with Crippen LogP contribution in [-0.4, -0.2) is 39.8 Å². The Kier molecular flexibility index (Phi) is 29.6. The second-order valence-electron chi connectivity index (χ2n) is 4.49. The second-order valence-corrected chi connectivity index (χ2v) is 4.99. The third-order valence-corrected chi connectivity index (χ3v) is 2.79. The second kappa shape index (κ2) is 19.6. The van der Waals surface area contributed by atoms with Crippen molar-refractivity contribution in [2.75, 3.05) is 26.2 Å². The summed E-state index contributed by atoms with van der Waals surface area (Å²) in [4.78, 5) is 17.0. The van der Waals surface area contributed by atoms with Crippen molar-refractivity contribution in [3.63, 3.8) is 0 Å². The zero-order valence-corrected chi connectivity index (χ0v) is 18.8. The molecule has 0 aliphatic heterocycles. The summed E-state index contributed by atoms with van der Waals surface area (Å²) >= 11 is 0. The van der Waals surface area contributed by atoms with Crippen LogP contribution in [-0.2, 0) is 4.46 Å². The van der Waals surface area contributed by atoms with Gasteiger partial charge in [-0.2, -0.15) is 0 Å². The van der Waals surface area contributed by atoms with Gasteiger partial charge in [-0.15, -0.1) is 0 Å². The first-order chi connectivity index (χ1) is 7.97. The number of nitrogens with zero attached hydrogens (tertiary/aromatic N) is 1. The summed E-state index contributed by atoms with van der Waals surface area (Å²) in [7, 11) is -3.63. The van der Waals surface area contributed by atoms with E-state index in [4.69, 9.17) is 14.1 Å². The van der Waals surface area contributed by atoms with Crippen LogP contribution in [0.4, 0.5) is 0 Å². The van der Waals surface area contributed by atoms with Gasteiger partial charge in [0.15, 0.2) is 0 Å². The molecule has 0 heterocycles. The van der Waals surface area contributed by atoms with Gasteiger partial charge in [0.25, 0.3) is 0 Å². The number of rotatable bonds is 8. The molecule has 0 aliphatic carbocycles. The Morgan fingerprint density at radius 3 is 1.00 bits per heavy atom. The monoisotopic (exact) mass is 308 g/mol. The largest absolute Gasteiger partial charge is 1.00 e. The summed E-state index contributed by atoms with van der Waals surface area (Å²) in [5, 5.41) is 0. The molecule has 0 saturated carbocycles. The first-order valence-corrected chi connectivity index (χ1v) is 7.93. The Morgan fingerprint density at radius 1 is 0.737 bits per heavy atom. The summed E-state index contributed by atoms with van der Waals surface area (Å²) in [6.45, 7) is 14.8. The number of hydrogen-bond acceptors (Lipinski definition) is 3. The fraction of sp³-hybridized carbons (Fsp3) is 1.00. The maximum absolute atomic E-state index is 8.52. The molecule has 0 spiro atoms. The minimum atomic E-state index is -3.63. The molecule has 0 saturated heterocycles. The predicted octanol–water partition coefficient (Wildman–Crippen LogP) is -5.43. The van der Waals surface area contributed by atoms with Crippen LogP contribution in [0.15, 0.2) is 0 Å². The Morgan fingerprint density at radius 2 is 0.895 bits per heavy atom. The van der Waals surface area contributed by atoms with Gasteiger partial charge in [-0.05, 0) is 25.7 Å². The Hall–Kier alpha value is 1.58. The van der Waals surface area contributed by atoms with E-state index in [2.05, 4.69) is 27.7 Å². The van der Waals surface area contributed by atoms with E-state index in [-0.39, 0.29) is 59.1 Å². The van der Waals surface area contributed by atoms with E-state index in [1.54, 1.807) is 0 Å². The number of hydrogen-bond donors (Lipinski definition) is 0. The quantitative estimate of drug-likeness (QED) is 0.332. The molecule has 0 fully saturated rings. The van der Waals surface area contributed by atoms with Crippen LogP contribution in [0.5, 0.6) is 0 Å². The van der Waals surface area contributed by atoms with Crippen molar-refractivity contribution in [1.82, 2.24) is 0 Å². The minimum absolute atomic E-state index is 0. The van der Waals surface area contributed by atoms with Gasteiger partial charge in [-0.25, -0.2) is 0 Å². The van der Waals surface area contributed by atoms with Crippen molar-refractivity contribution in [2.45, 2.75) is 53.4 Å². The molecule has 0 N–H and O–H groups in total. The molecule has 0 rings (SSSR count). The van der Waals surface area contributed by atoms with Gasteiger partial charge in [0, 0.05) is 9.17 Å². The standard InChI is InChI=1S/C12H28N.2Na.O3Si/c1-5-9-13(10-6-2,11-7-3)12-8-4;;;1-4(2)3/h5-12H2,1-4H3;;;/q3*+1;-2. The molecular weight excluding hydrogens is 280 g/mol. The van der Waals surface area contributed by atoms with Crippen LogP contribution in [0.3, 0.4) is 0 Å². The average Bonchev–Trinajstić information content (AvgIpc) is 2.18. The van der Waals surface area contributed by atoms with Gasteiger partial charge >= 0.3 is 59.1 Å². The molecular formula is C12H28NNa2O3Si+. The van der Waals surface area contributed by atoms with E-state index in [1.165, 1.54) is 56.3 Å². The van der Waals surface area contributed by atoms with E-state index < -0.39 is 9.17 Å². The minimum Gasteiger partial charge on any atom is -0.672 e. The Labute approximate surface area is 165 Å². The Bertz CT molecular complexity index is 164. The zero-order valence-electron chi connectivity index (χ0n) is 13.8. The fourth-order valence-electron chi connectivity index (χ4n) is 2.57. The molecule has 19 heavy (non-hydrogen) atoms. The third kappa shape index (κ3) is 19.6. The van der Waals surface area contributed by atoms with Crippen molar-refractivity contribution in [2.24, 2.45) is 0 Å². The van der Waals surface area contributed by atoms with Crippen molar-refractivity contribution < 1.29 is 77.7 Å². The molecule has 0 amide bonds. The fourth-order valence-corrected chi connectivity index (χ4v) is 2.57. The summed E-state index contributed by atoms with van der Waals surface area (Å²) in [5.74, 6) is 0. The van der Waals surface area contributed by atoms with E-state index in [9.17, 15) is 0 Å². The zero-order chi connectivity index (χ0) is 13.7. The summed E-state index contributed by atoms with van der Waals surface area (Å²) in [6, 6.07) is 0. The van der Waals surface area contributed by atoms with Crippen LogP contribution >= 0.6 is 0 Å². The van der Waals surface area contributed by atoms with Crippen LogP contribution in [0, 0.1) is 0 Å². The molecule has 0 atom stereocenters. The van der Waals surface area contributed by atoms with E-state index >= 15 is 0 Å². The first-order valence-electron chi connectivity index (χ1n) is 6.71. The maximum atomic E-state index is 8.52. The van der Waals surface area contributed by atoms with E-state index in [1.807, 2.05) is 0 Å². The van der Waals surface area contributed by atoms with Gasteiger partial charge in [0.1, 0.15) is 0 Å². The first kappa shape index (κ1) is 28.7. The van der Waals surface area contributed by atoms with Crippen molar-refractivity contribution in [1.29, 1.82) is 0 Å². The van der Waals surface area contributed by atoms with E-state index in [0.717, 1.165) is 0 Å². The van der Waals surface area contributed by atoms with Gasteiger partial charge in [-0.1, -0.05) is 27.7 Å². The molecule has 0 aromatic carbocycles. The van der Waals surface area contributed by atoms with Gasteiger partial charge in [0.2, 0.25) is 0 Å². The molecule has 0 bridgehead atoms. The molecule has 0 unspecified atom stereocenters. The van der Waals surface area contributed by atoms with Crippen LogP contribution in [0.2, 0.25) is 0 Å². The molecule has 7 heteroatoms. The van der Waals surface area contributed by atoms with Crippen molar-refractivity contribution in [3.8, 4) is 0 Å². The summed E-state index contributed by atoms with van der Waals surface area (Å²) in [5.41, 5.74) is 0. The molecule has 4 nitrogen and oxygen atoms in total. The normalized spacial score (nSPS) is 9.47. The number of quaternary nitrogens is 1. The maximum Gasteiger partial charge on any atom is 1.00 e. The average molecular weight is 308 g/mol. The smallest absolute Gasteiger partial charge is 0.672 e. The molecule has 0 aromatic heterocycles. The summed E-state index contributed by atoms with van der Waals surface area (Å²) < 4.78 is 9.89. The molecule has 0 radical (unpaired) electrons.